The number of thioether (sulfide) groups is 1. The Hall–Kier alpha value is -4.92. The van der Waals surface area contributed by atoms with Crippen LogP contribution in [0.3, 0.4) is 0 Å². The van der Waals surface area contributed by atoms with Crippen LogP contribution in [0, 0.1) is 0 Å². The number of rotatable bonds is 10. The summed E-state index contributed by atoms with van der Waals surface area (Å²) >= 11 is 2.63. The third kappa shape index (κ3) is 7.43. The van der Waals surface area contributed by atoms with E-state index in [1.165, 1.54) is 28.0 Å². The first kappa shape index (κ1) is 35.9. The molecule has 3 atom stereocenters. The predicted molar refractivity (Wildman–Crippen MR) is 197 cm³/mol. The van der Waals surface area contributed by atoms with Crippen LogP contribution in [0.5, 0.6) is 0 Å². The monoisotopic (exact) mass is 728 g/mol. The molecule has 3 aromatic carbocycles. The number of hydrogen-bond acceptors (Lipinski definition) is 11. The van der Waals surface area contributed by atoms with Gasteiger partial charge < -0.3 is 20.5 Å². The number of carbonyl (C=O) groups is 4. The first-order chi connectivity index (χ1) is 24.3. The molecule has 14 heteroatoms. The van der Waals surface area contributed by atoms with Gasteiger partial charge in [-0.15, -0.1) is 11.8 Å². The Bertz CT molecular complexity index is 1960. The average Bonchev–Trinajstić information content (AvgIpc) is 3.48. The van der Waals surface area contributed by atoms with Gasteiger partial charge in [-0.2, -0.15) is 0 Å². The van der Waals surface area contributed by atoms with Gasteiger partial charge in [0.05, 0.1) is 10.2 Å². The Morgan fingerprint density at radius 1 is 1.02 bits per heavy atom. The number of ether oxygens (including phenoxy) is 2. The molecular formula is C37H40N6O6S2. The highest BCUT2D eigenvalue weighted by molar-refractivity contribution is 8.00. The van der Waals surface area contributed by atoms with E-state index in [9.17, 15) is 19.2 Å². The van der Waals surface area contributed by atoms with Crippen LogP contribution in [0.4, 0.5) is 9.93 Å². The number of hydrogen-bond donors (Lipinski definition) is 4. The van der Waals surface area contributed by atoms with E-state index in [0.717, 1.165) is 23.1 Å². The molecule has 6 N–H and O–H groups in total. The number of carbonyl (C=O) groups excluding carboxylic acids is 4. The summed E-state index contributed by atoms with van der Waals surface area (Å²) in [5, 5.41) is 5.00. The first-order valence-electron chi connectivity index (χ1n) is 16.5. The van der Waals surface area contributed by atoms with Gasteiger partial charge >= 0.3 is 12.1 Å². The topological polar surface area (TPSA) is 179 Å². The van der Waals surface area contributed by atoms with Crippen molar-refractivity contribution in [3.63, 3.8) is 0 Å². The number of aromatic nitrogens is 1. The Labute approximate surface area is 303 Å². The maximum Gasteiger partial charge on any atom is 0.409 e. The lowest BCUT2D eigenvalue weighted by Crippen LogP contribution is -2.74. The van der Waals surface area contributed by atoms with E-state index < -0.39 is 52.7 Å². The number of thiazole rings is 1. The highest BCUT2D eigenvalue weighted by Crippen LogP contribution is 2.43. The predicted octanol–water partition coefficient (Wildman–Crippen LogP) is 5.30. The molecule has 1 saturated heterocycles. The molecule has 0 saturated carbocycles. The summed E-state index contributed by atoms with van der Waals surface area (Å²) in [6.45, 7) is 7.05. The van der Waals surface area contributed by atoms with Crippen LogP contribution in [0.1, 0.15) is 63.3 Å². The summed E-state index contributed by atoms with van der Waals surface area (Å²) in [5.41, 5.74) is 13.0. The zero-order valence-corrected chi connectivity index (χ0v) is 30.3. The molecule has 0 radical (unpaired) electrons. The number of esters is 1. The summed E-state index contributed by atoms with van der Waals surface area (Å²) in [4.78, 5) is 60.9. The van der Waals surface area contributed by atoms with Gasteiger partial charge in [0.25, 0.3) is 11.8 Å². The highest BCUT2D eigenvalue weighted by atomic mass is 32.2. The largest absolute Gasteiger partial charge is 0.448 e. The second-order valence-electron chi connectivity index (χ2n) is 13.3. The van der Waals surface area contributed by atoms with Gasteiger partial charge in [0, 0.05) is 11.3 Å². The molecule has 12 nitrogen and oxygen atoms in total. The van der Waals surface area contributed by atoms with Crippen LogP contribution in [0.25, 0.3) is 10.2 Å². The number of nitrogens with one attached hydrogen (secondary N) is 2. The molecule has 266 valence electrons. The van der Waals surface area contributed by atoms with Gasteiger partial charge in [-0.05, 0) is 56.0 Å². The van der Waals surface area contributed by atoms with Gasteiger partial charge in [0.1, 0.15) is 22.7 Å². The fraction of sp³-hybridized carbons (Fsp3) is 0.324. The molecule has 51 heavy (non-hydrogen) atoms. The standard InChI is InChI=1S/C37H40N6O6S2/c1-5-12-23-20-50-31-27(30(44)43(31)28(23)32(45)48-29(21-13-8-6-9-14-21)22-15-10-7-11-16-22)41-33(46)37(39,42-35(47)49-36(2,3)4)24-17-18-25-26(19-24)51-34(38)40-25/h6-11,13-19,27,29,31H,5,12,20,39H2,1-4H3,(H2,38,40)(H,41,46)(H,42,47). The van der Waals surface area contributed by atoms with Gasteiger partial charge in [0.15, 0.2) is 16.9 Å². The van der Waals surface area contributed by atoms with Crippen LogP contribution in [-0.2, 0) is 29.5 Å². The van der Waals surface area contributed by atoms with Crippen LogP contribution >= 0.6 is 23.1 Å². The Morgan fingerprint density at radius 2 is 1.67 bits per heavy atom. The molecule has 1 fully saturated rings. The fourth-order valence-electron chi connectivity index (χ4n) is 6.08. The van der Waals surface area contributed by atoms with Crippen molar-refractivity contribution in [3.05, 3.63) is 107 Å². The van der Waals surface area contributed by atoms with E-state index in [2.05, 4.69) is 15.6 Å². The maximum absolute atomic E-state index is 14.1. The molecule has 3 amide bonds. The zero-order chi connectivity index (χ0) is 36.5. The van der Waals surface area contributed by atoms with Gasteiger partial charge in [-0.25, -0.2) is 14.6 Å². The molecule has 0 aliphatic carbocycles. The molecule has 0 bridgehead atoms. The third-order valence-electron chi connectivity index (χ3n) is 8.43. The number of β-lactam (4-membered cyclic amide) rings is 1. The second-order valence-corrected chi connectivity index (χ2v) is 15.5. The molecular weight excluding hydrogens is 689 g/mol. The first-order valence-corrected chi connectivity index (χ1v) is 18.4. The van der Waals surface area contributed by atoms with Crippen molar-refractivity contribution in [2.45, 2.75) is 69.3 Å². The zero-order valence-electron chi connectivity index (χ0n) is 28.7. The Morgan fingerprint density at radius 3 is 2.27 bits per heavy atom. The van der Waals surface area contributed by atoms with Crippen molar-refractivity contribution in [1.82, 2.24) is 20.5 Å². The van der Waals surface area contributed by atoms with Crippen molar-refractivity contribution in [3.8, 4) is 0 Å². The number of nitrogens with zero attached hydrogens (tertiary/aromatic N) is 2. The van der Waals surface area contributed by atoms with Crippen LogP contribution in [0.15, 0.2) is 90.1 Å². The molecule has 0 spiro atoms. The highest BCUT2D eigenvalue weighted by Gasteiger charge is 2.56. The molecule has 2 aliphatic heterocycles. The fourth-order valence-corrected chi connectivity index (χ4v) is 8.24. The summed E-state index contributed by atoms with van der Waals surface area (Å²) in [6.07, 6.45) is -0.301. The van der Waals surface area contributed by atoms with Crippen LogP contribution in [-0.4, -0.2) is 56.5 Å². The van der Waals surface area contributed by atoms with Gasteiger partial charge in [-0.1, -0.05) is 91.4 Å². The van der Waals surface area contributed by atoms with Crippen molar-refractivity contribution in [2.75, 3.05) is 11.5 Å². The average molecular weight is 729 g/mol. The lowest BCUT2D eigenvalue weighted by atomic mass is 9.96. The lowest BCUT2D eigenvalue weighted by molar-refractivity contribution is -0.155. The minimum Gasteiger partial charge on any atom is -0.448 e. The molecule has 6 rings (SSSR count). The smallest absolute Gasteiger partial charge is 0.409 e. The Balaban J connectivity index is 1.27. The number of anilines is 1. The molecule has 3 heterocycles. The van der Waals surface area contributed by atoms with Crippen molar-refractivity contribution < 1.29 is 28.7 Å². The van der Waals surface area contributed by atoms with E-state index in [1.54, 1.807) is 39.0 Å². The summed E-state index contributed by atoms with van der Waals surface area (Å²) in [5.74, 6) is -1.52. The van der Waals surface area contributed by atoms with Gasteiger partial charge in [-0.3, -0.25) is 25.5 Å². The molecule has 2 aliphatic rings. The quantitative estimate of drug-likeness (QED) is 0.0951. The minimum atomic E-state index is -2.15. The lowest BCUT2D eigenvalue weighted by Gasteiger charge is -2.50. The number of nitrogen functional groups attached to an aromatic ring is 1. The molecule has 1 aromatic heterocycles. The van der Waals surface area contributed by atoms with Crippen LogP contribution in [0.2, 0.25) is 0 Å². The second kappa shape index (κ2) is 14.4. The number of fused-ring (bicyclic) bond motifs is 2. The number of alkyl carbamates (subject to hydrolysis) is 1. The summed E-state index contributed by atoms with van der Waals surface area (Å²) in [6, 6.07) is 22.6. The van der Waals surface area contributed by atoms with E-state index in [-0.39, 0.29) is 11.3 Å². The normalized spacial score (nSPS) is 18.5. The summed E-state index contributed by atoms with van der Waals surface area (Å²) < 4.78 is 12.3. The minimum absolute atomic E-state index is 0.187. The maximum atomic E-state index is 14.1. The number of nitrogens with two attached hydrogens (primary N) is 2. The van der Waals surface area contributed by atoms with E-state index >= 15 is 0 Å². The SMILES string of the molecule is CCCC1=C(C(=O)OC(c2ccccc2)c2ccccc2)N2C(=O)C(NC(=O)C(N)(NC(=O)OC(C)(C)C)c3ccc4nc(N)sc4c3)C2SC1. The van der Waals surface area contributed by atoms with E-state index in [4.69, 9.17) is 20.9 Å². The number of amides is 3. The van der Waals surface area contributed by atoms with Crippen LogP contribution < -0.4 is 22.1 Å². The Kier molecular flexibility index (Phi) is 10.1. The van der Waals surface area contributed by atoms with E-state index in [1.807, 2.05) is 67.6 Å². The van der Waals surface area contributed by atoms with E-state index in [0.29, 0.717) is 27.5 Å². The molecule has 3 unspecified atom stereocenters. The third-order valence-corrected chi connectivity index (χ3v) is 10.6. The summed E-state index contributed by atoms with van der Waals surface area (Å²) in [7, 11) is 0. The van der Waals surface area contributed by atoms with Crippen molar-refractivity contribution >= 4 is 62.3 Å². The van der Waals surface area contributed by atoms with Crippen molar-refractivity contribution in [2.24, 2.45) is 5.73 Å². The number of benzene rings is 3. The van der Waals surface area contributed by atoms with Crippen molar-refractivity contribution in [1.29, 1.82) is 0 Å². The molecule has 4 aromatic rings. The van der Waals surface area contributed by atoms with Gasteiger partial charge in [0.2, 0.25) is 0 Å².